The van der Waals surface area contributed by atoms with Crippen LogP contribution in [-0.2, 0) is 19.4 Å². The minimum Gasteiger partial charge on any atom is -0.327 e. The van der Waals surface area contributed by atoms with Gasteiger partial charge in [-0.3, -0.25) is 4.68 Å². The lowest BCUT2D eigenvalue weighted by atomic mass is 10.0. The molecule has 1 heterocycles. The van der Waals surface area contributed by atoms with Gasteiger partial charge in [-0.25, -0.2) is 0 Å². The third-order valence-electron chi connectivity index (χ3n) is 3.87. The van der Waals surface area contributed by atoms with Crippen molar-refractivity contribution in [1.82, 2.24) is 9.78 Å². The first-order chi connectivity index (χ1) is 8.67. The highest BCUT2D eigenvalue weighted by Gasteiger charge is 2.28. The number of aryl methyl sites for hydroxylation is 2. The first-order valence-electron chi connectivity index (χ1n) is 7.17. The Kier molecular flexibility index (Phi) is 4.68. The number of nitrogens with two attached hydrogens (primary N) is 1. The van der Waals surface area contributed by atoms with Crippen molar-refractivity contribution in [3.8, 4) is 0 Å². The van der Waals surface area contributed by atoms with Gasteiger partial charge in [0.05, 0.1) is 16.4 Å². The van der Waals surface area contributed by atoms with E-state index < -0.39 is 0 Å². The molecule has 4 heteroatoms. The average Bonchev–Trinajstić information content (AvgIpc) is 3.17. The Morgan fingerprint density at radius 2 is 2.17 bits per heavy atom. The Morgan fingerprint density at radius 1 is 1.44 bits per heavy atom. The van der Waals surface area contributed by atoms with Crippen LogP contribution in [0.5, 0.6) is 0 Å². The summed E-state index contributed by atoms with van der Waals surface area (Å²) >= 11 is 6.38. The third-order valence-corrected chi connectivity index (χ3v) is 4.31. The van der Waals surface area contributed by atoms with Crippen LogP contribution in [0, 0.1) is 5.92 Å². The number of rotatable bonds is 7. The number of halogens is 1. The summed E-state index contributed by atoms with van der Waals surface area (Å²) in [5.41, 5.74) is 8.35. The molecule has 2 N–H and O–H groups in total. The van der Waals surface area contributed by atoms with Crippen LogP contribution in [0.4, 0.5) is 0 Å². The maximum Gasteiger partial charge on any atom is 0.0849 e. The summed E-state index contributed by atoms with van der Waals surface area (Å²) < 4.78 is 2.05. The van der Waals surface area contributed by atoms with Gasteiger partial charge in [-0.2, -0.15) is 5.10 Å². The van der Waals surface area contributed by atoms with Crippen molar-refractivity contribution in [2.24, 2.45) is 11.7 Å². The van der Waals surface area contributed by atoms with Gasteiger partial charge in [0.2, 0.25) is 0 Å². The van der Waals surface area contributed by atoms with Gasteiger partial charge in [0.1, 0.15) is 0 Å². The van der Waals surface area contributed by atoms with Crippen molar-refractivity contribution < 1.29 is 0 Å². The smallest absolute Gasteiger partial charge is 0.0849 e. The first-order valence-corrected chi connectivity index (χ1v) is 7.54. The van der Waals surface area contributed by atoms with Crippen molar-refractivity contribution in [3.05, 3.63) is 16.4 Å². The summed E-state index contributed by atoms with van der Waals surface area (Å²) in [6.45, 7) is 5.10. The molecule has 18 heavy (non-hydrogen) atoms. The lowest BCUT2D eigenvalue weighted by molar-refractivity contribution is 0.516. The zero-order chi connectivity index (χ0) is 13.1. The summed E-state index contributed by atoms with van der Waals surface area (Å²) in [6, 6.07) is 0.396. The van der Waals surface area contributed by atoms with E-state index in [2.05, 4.69) is 18.9 Å². The SMILES string of the molecule is CCc1nn(CC)c(CCCC(N)C2CC2)c1Cl. The molecule has 0 radical (unpaired) electrons. The van der Waals surface area contributed by atoms with Gasteiger partial charge in [-0.05, 0) is 51.4 Å². The molecule has 3 nitrogen and oxygen atoms in total. The Labute approximate surface area is 115 Å². The van der Waals surface area contributed by atoms with E-state index in [-0.39, 0.29) is 0 Å². The Balaban J connectivity index is 1.92. The molecule has 0 aliphatic heterocycles. The van der Waals surface area contributed by atoms with Crippen LogP contribution in [-0.4, -0.2) is 15.8 Å². The maximum absolute atomic E-state index is 6.38. The quantitative estimate of drug-likeness (QED) is 0.826. The van der Waals surface area contributed by atoms with Gasteiger partial charge in [0.25, 0.3) is 0 Å². The lowest BCUT2D eigenvalue weighted by Crippen LogP contribution is -2.22. The molecular formula is C14H24ClN3. The molecule has 0 spiro atoms. The van der Waals surface area contributed by atoms with Crippen LogP contribution in [0.3, 0.4) is 0 Å². The summed E-state index contributed by atoms with van der Waals surface area (Å²) in [5.74, 6) is 0.794. The Bertz CT molecular complexity index is 396. The first kappa shape index (κ1) is 13.9. The normalized spacial score (nSPS) is 17.1. The van der Waals surface area contributed by atoms with Gasteiger partial charge in [0, 0.05) is 12.6 Å². The standard InChI is InChI=1S/C14H24ClN3/c1-3-12-14(15)13(18(4-2)17-12)7-5-6-11(16)10-8-9-10/h10-11H,3-9,16H2,1-2H3. The fourth-order valence-corrected chi connectivity index (χ4v) is 2.88. The monoisotopic (exact) mass is 269 g/mol. The average molecular weight is 270 g/mol. The minimum absolute atomic E-state index is 0.396. The molecule has 1 fully saturated rings. The van der Waals surface area contributed by atoms with E-state index in [0.717, 1.165) is 48.9 Å². The predicted molar refractivity (Wildman–Crippen MR) is 75.9 cm³/mol. The highest BCUT2D eigenvalue weighted by Crippen LogP contribution is 2.33. The number of hydrogen-bond donors (Lipinski definition) is 1. The van der Waals surface area contributed by atoms with Crippen LogP contribution in [0.2, 0.25) is 5.02 Å². The van der Waals surface area contributed by atoms with Crippen molar-refractivity contribution in [1.29, 1.82) is 0 Å². The molecule has 1 aliphatic carbocycles. The van der Waals surface area contributed by atoms with Crippen LogP contribution in [0.25, 0.3) is 0 Å². The van der Waals surface area contributed by atoms with Crippen molar-refractivity contribution in [3.63, 3.8) is 0 Å². The van der Waals surface area contributed by atoms with Crippen molar-refractivity contribution in [2.75, 3.05) is 0 Å². The van der Waals surface area contributed by atoms with E-state index >= 15 is 0 Å². The van der Waals surface area contributed by atoms with Gasteiger partial charge in [-0.15, -0.1) is 0 Å². The van der Waals surface area contributed by atoms with Gasteiger partial charge < -0.3 is 5.73 Å². The fraction of sp³-hybridized carbons (Fsp3) is 0.786. The molecule has 2 rings (SSSR count). The fourth-order valence-electron chi connectivity index (χ4n) is 2.52. The lowest BCUT2D eigenvalue weighted by Gasteiger charge is -2.10. The molecule has 0 aromatic carbocycles. The maximum atomic E-state index is 6.38. The Hall–Kier alpha value is -0.540. The summed E-state index contributed by atoms with van der Waals surface area (Å²) in [6.07, 6.45) is 6.79. The molecule has 1 atom stereocenters. The third kappa shape index (κ3) is 3.07. The molecule has 1 aromatic heterocycles. The number of aromatic nitrogens is 2. The van der Waals surface area contributed by atoms with Gasteiger partial charge in [0.15, 0.2) is 0 Å². The van der Waals surface area contributed by atoms with E-state index in [1.807, 2.05) is 4.68 Å². The van der Waals surface area contributed by atoms with E-state index in [1.165, 1.54) is 18.5 Å². The molecule has 1 saturated carbocycles. The summed E-state index contributed by atoms with van der Waals surface area (Å²) in [5, 5.41) is 5.42. The zero-order valence-corrected chi connectivity index (χ0v) is 12.2. The second kappa shape index (κ2) is 6.07. The summed E-state index contributed by atoms with van der Waals surface area (Å²) in [7, 11) is 0. The molecule has 0 saturated heterocycles. The van der Waals surface area contributed by atoms with E-state index in [9.17, 15) is 0 Å². The number of hydrogen-bond acceptors (Lipinski definition) is 2. The van der Waals surface area contributed by atoms with Crippen LogP contribution >= 0.6 is 11.6 Å². The largest absolute Gasteiger partial charge is 0.327 e. The van der Waals surface area contributed by atoms with Crippen LogP contribution in [0.15, 0.2) is 0 Å². The highest BCUT2D eigenvalue weighted by atomic mass is 35.5. The van der Waals surface area contributed by atoms with E-state index in [4.69, 9.17) is 17.3 Å². The Morgan fingerprint density at radius 3 is 2.72 bits per heavy atom. The highest BCUT2D eigenvalue weighted by molar-refractivity contribution is 6.31. The molecule has 1 aliphatic rings. The summed E-state index contributed by atoms with van der Waals surface area (Å²) in [4.78, 5) is 0. The number of nitrogens with zero attached hydrogens (tertiary/aromatic N) is 2. The minimum atomic E-state index is 0.396. The van der Waals surface area contributed by atoms with Crippen LogP contribution in [0.1, 0.15) is 50.9 Å². The molecule has 102 valence electrons. The predicted octanol–water partition coefficient (Wildman–Crippen LogP) is 3.18. The second-order valence-corrected chi connectivity index (χ2v) is 5.65. The van der Waals surface area contributed by atoms with Gasteiger partial charge in [-0.1, -0.05) is 18.5 Å². The molecule has 1 unspecified atom stereocenters. The van der Waals surface area contributed by atoms with Crippen LogP contribution < -0.4 is 5.73 Å². The molecule has 1 aromatic rings. The second-order valence-electron chi connectivity index (χ2n) is 5.27. The van der Waals surface area contributed by atoms with Crippen molar-refractivity contribution >= 4 is 11.6 Å². The van der Waals surface area contributed by atoms with E-state index in [1.54, 1.807) is 0 Å². The molecule has 0 amide bonds. The molecular weight excluding hydrogens is 246 g/mol. The molecule has 0 bridgehead atoms. The topological polar surface area (TPSA) is 43.8 Å². The van der Waals surface area contributed by atoms with Gasteiger partial charge >= 0.3 is 0 Å². The van der Waals surface area contributed by atoms with Crippen molar-refractivity contribution in [2.45, 2.75) is 65.0 Å². The zero-order valence-electron chi connectivity index (χ0n) is 11.5. The van der Waals surface area contributed by atoms with E-state index in [0.29, 0.717) is 6.04 Å².